The standard InChI is InChI=1S/C24H30O2/c25-22-10-9-20-18-12-15-24(26)13-5-4-8-21(24)19(18)11-14-23(20,22)16-17-6-2-1-3-7-17/h1-3,6-7,18,20,26H,4-5,8-16H2/t18-,20+,23-,24+/m1/s1. The second kappa shape index (κ2) is 6.05. The van der Waals surface area contributed by atoms with E-state index in [-0.39, 0.29) is 5.41 Å². The number of benzene rings is 1. The highest BCUT2D eigenvalue weighted by atomic mass is 16.3. The molecule has 3 fully saturated rings. The van der Waals surface area contributed by atoms with Crippen LogP contribution in [0.25, 0.3) is 0 Å². The molecule has 26 heavy (non-hydrogen) atoms. The zero-order valence-electron chi connectivity index (χ0n) is 15.7. The summed E-state index contributed by atoms with van der Waals surface area (Å²) in [7, 11) is 0. The molecule has 2 nitrogen and oxygen atoms in total. The fraction of sp³-hybridized carbons (Fsp3) is 0.625. The van der Waals surface area contributed by atoms with Gasteiger partial charge in [0, 0.05) is 11.8 Å². The molecule has 138 valence electrons. The van der Waals surface area contributed by atoms with Gasteiger partial charge in [0.2, 0.25) is 0 Å². The number of carbonyl (C=O) groups is 1. The number of Topliss-reactive ketones (excluding diaryl/α,β-unsaturated/α-hetero) is 1. The van der Waals surface area contributed by atoms with E-state index in [1.165, 1.54) is 17.6 Å². The summed E-state index contributed by atoms with van der Waals surface area (Å²) in [6.07, 6.45) is 11.2. The molecule has 3 saturated carbocycles. The van der Waals surface area contributed by atoms with Gasteiger partial charge < -0.3 is 5.11 Å². The third-order valence-corrected chi connectivity index (χ3v) is 8.17. The molecule has 4 aliphatic carbocycles. The van der Waals surface area contributed by atoms with E-state index in [2.05, 4.69) is 30.3 Å². The summed E-state index contributed by atoms with van der Waals surface area (Å²) in [6, 6.07) is 10.6. The molecule has 0 bridgehead atoms. The first-order chi connectivity index (χ1) is 12.6. The highest BCUT2D eigenvalue weighted by Crippen LogP contribution is 2.61. The Balaban J connectivity index is 1.52. The number of rotatable bonds is 2. The molecular formula is C24H30O2. The van der Waals surface area contributed by atoms with Crippen LogP contribution in [-0.2, 0) is 11.2 Å². The summed E-state index contributed by atoms with van der Waals surface area (Å²) in [4.78, 5) is 13.1. The average molecular weight is 351 g/mol. The molecule has 0 spiro atoms. The van der Waals surface area contributed by atoms with E-state index in [1.54, 1.807) is 5.57 Å². The van der Waals surface area contributed by atoms with Gasteiger partial charge in [-0.25, -0.2) is 0 Å². The second-order valence-corrected chi connectivity index (χ2v) is 9.27. The van der Waals surface area contributed by atoms with E-state index in [4.69, 9.17) is 0 Å². The number of hydrogen-bond donors (Lipinski definition) is 1. The summed E-state index contributed by atoms with van der Waals surface area (Å²) in [5.41, 5.74) is 3.63. The van der Waals surface area contributed by atoms with Crippen molar-refractivity contribution in [3.63, 3.8) is 0 Å². The van der Waals surface area contributed by atoms with Crippen LogP contribution < -0.4 is 0 Å². The van der Waals surface area contributed by atoms with Gasteiger partial charge in [-0.2, -0.15) is 0 Å². The topological polar surface area (TPSA) is 37.3 Å². The normalized spacial score (nSPS) is 39.3. The fourth-order valence-electron chi connectivity index (χ4n) is 6.98. The molecule has 5 rings (SSSR count). The summed E-state index contributed by atoms with van der Waals surface area (Å²) in [5, 5.41) is 11.2. The third-order valence-electron chi connectivity index (χ3n) is 8.17. The zero-order chi connectivity index (χ0) is 17.8. The summed E-state index contributed by atoms with van der Waals surface area (Å²) in [5.74, 6) is 1.56. The quantitative estimate of drug-likeness (QED) is 0.762. The predicted octanol–water partition coefficient (Wildman–Crippen LogP) is 5.00. The number of hydrogen-bond acceptors (Lipinski definition) is 2. The van der Waals surface area contributed by atoms with E-state index in [9.17, 15) is 9.90 Å². The van der Waals surface area contributed by atoms with Crippen molar-refractivity contribution in [3.8, 4) is 0 Å². The Morgan fingerprint density at radius 2 is 1.81 bits per heavy atom. The maximum atomic E-state index is 13.1. The molecule has 1 N–H and O–H groups in total. The lowest BCUT2D eigenvalue weighted by molar-refractivity contribution is -0.129. The molecule has 1 aromatic rings. The van der Waals surface area contributed by atoms with E-state index in [0.29, 0.717) is 17.6 Å². The van der Waals surface area contributed by atoms with Crippen LogP contribution in [0, 0.1) is 17.3 Å². The molecule has 0 aliphatic heterocycles. The van der Waals surface area contributed by atoms with Crippen molar-refractivity contribution >= 4 is 5.78 Å². The van der Waals surface area contributed by atoms with Crippen molar-refractivity contribution in [2.75, 3.05) is 0 Å². The first kappa shape index (κ1) is 16.7. The van der Waals surface area contributed by atoms with Crippen LogP contribution in [0.5, 0.6) is 0 Å². The Bertz CT molecular complexity index is 749. The summed E-state index contributed by atoms with van der Waals surface area (Å²) >= 11 is 0. The zero-order valence-corrected chi connectivity index (χ0v) is 15.7. The lowest BCUT2D eigenvalue weighted by Gasteiger charge is -2.51. The van der Waals surface area contributed by atoms with Gasteiger partial charge >= 0.3 is 0 Å². The van der Waals surface area contributed by atoms with Crippen molar-refractivity contribution in [1.82, 2.24) is 0 Å². The lowest BCUT2D eigenvalue weighted by atomic mass is 9.54. The van der Waals surface area contributed by atoms with E-state index in [1.807, 2.05) is 0 Å². The van der Waals surface area contributed by atoms with Crippen molar-refractivity contribution in [1.29, 1.82) is 0 Å². The lowest BCUT2D eigenvalue weighted by Crippen LogP contribution is -2.48. The number of carbonyl (C=O) groups excluding carboxylic acids is 1. The van der Waals surface area contributed by atoms with Crippen molar-refractivity contribution in [2.24, 2.45) is 17.3 Å². The van der Waals surface area contributed by atoms with Gasteiger partial charge in [0.25, 0.3) is 0 Å². The van der Waals surface area contributed by atoms with Gasteiger partial charge in [-0.3, -0.25) is 4.79 Å². The van der Waals surface area contributed by atoms with E-state index in [0.717, 1.165) is 64.2 Å². The number of ketones is 1. The number of aliphatic hydroxyl groups is 1. The molecule has 0 radical (unpaired) electrons. The third kappa shape index (κ3) is 2.37. The SMILES string of the molecule is O=C1CC[C@H]2[C@@H]3CC[C@@]4(O)CCCCC4=C3CC[C@]12Cc1ccccc1. The van der Waals surface area contributed by atoms with Crippen LogP contribution in [0.15, 0.2) is 41.5 Å². The predicted molar refractivity (Wildman–Crippen MR) is 103 cm³/mol. The molecular weight excluding hydrogens is 320 g/mol. The van der Waals surface area contributed by atoms with Gasteiger partial charge in [-0.15, -0.1) is 0 Å². The van der Waals surface area contributed by atoms with Crippen LogP contribution >= 0.6 is 0 Å². The molecule has 0 unspecified atom stereocenters. The number of allylic oxidation sites excluding steroid dienone is 1. The molecule has 2 heteroatoms. The molecule has 1 aromatic carbocycles. The molecule has 0 amide bonds. The van der Waals surface area contributed by atoms with Crippen molar-refractivity contribution in [3.05, 3.63) is 47.0 Å². The Morgan fingerprint density at radius 3 is 2.65 bits per heavy atom. The van der Waals surface area contributed by atoms with Crippen LogP contribution in [-0.4, -0.2) is 16.5 Å². The first-order valence-electron chi connectivity index (χ1n) is 10.6. The summed E-state index contributed by atoms with van der Waals surface area (Å²) in [6.45, 7) is 0. The minimum Gasteiger partial charge on any atom is -0.386 e. The van der Waals surface area contributed by atoms with Crippen LogP contribution in [0.4, 0.5) is 0 Å². The van der Waals surface area contributed by atoms with Gasteiger partial charge in [0.15, 0.2) is 0 Å². The average Bonchev–Trinajstić information content (AvgIpc) is 2.98. The summed E-state index contributed by atoms with van der Waals surface area (Å²) < 4.78 is 0. The smallest absolute Gasteiger partial charge is 0.139 e. The van der Waals surface area contributed by atoms with E-state index < -0.39 is 5.60 Å². The Labute approximate surface area is 156 Å². The largest absolute Gasteiger partial charge is 0.386 e. The van der Waals surface area contributed by atoms with Crippen LogP contribution in [0.3, 0.4) is 0 Å². The molecule has 0 heterocycles. The monoisotopic (exact) mass is 350 g/mol. The van der Waals surface area contributed by atoms with Gasteiger partial charge in [0.1, 0.15) is 5.78 Å². The molecule has 0 saturated heterocycles. The Kier molecular flexibility index (Phi) is 3.90. The van der Waals surface area contributed by atoms with Gasteiger partial charge in [-0.05, 0) is 87.2 Å². The van der Waals surface area contributed by atoms with E-state index >= 15 is 0 Å². The second-order valence-electron chi connectivity index (χ2n) is 9.27. The van der Waals surface area contributed by atoms with Gasteiger partial charge in [0.05, 0.1) is 5.60 Å². The maximum Gasteiger partial charge on any atom is 0.139 e. The van der Waals surface area contributed by atoms with Crippen LogP contribution in [0.2, 0.25) is 0 Å². The Hall–Kier alpha value is -1.41. The maximum absolute atomic E-state index is 13.1. The highest BCUT2D eigenvalue weighted by Gasteiger charge is 2.57. The molecule has 4 atom stereocenters. The molecule has 4 aliphatic rings. The van der Waals surface area contributed by atoms with Crippen molar-refractivity contribution in [2.45, 2.75) is 76.2 Å². The fourth-order valence-corrected chi connectivity index (χ4v) is 6.98. The minimum absolute atomic E-state index is 0.139. The first-order valence-corrected chi connectivity index (χ1v) is 10.6. The molecule has 0 aromatic heterocycles. The Morgan fingerprint density at radius 1 is 0.962 bits per heavy atom. The van der Waals surface area contributed by atoms with Crippen LogP contribution in [0.1, 0.15) is 69.8 Å². The number of fused-ring (bicyclic) bond motifs is 4. The van der Waals surface area contributed by atoms with Gasteiger partial charge in [-0.1, -0.05) is 35.9 Å². The minimum atomic E-state index is -0.508. The highest BCUT2D eigenvalue weighted by molar-refractivity contribution is 5.88. The van der Waals surface area contributed by atoms with Crippen molar-refractivity contribution < 1.29 is 9.90 Å².